The fraction of sp³-hybridized carbons (Fsp3) is 0.429. The summed E-state index contributed by atoms with van der Waals surface area (Å²) in [5.41, 5.74) is 1.97. The SMILES string of the molecule is COC(=O)Cc1ccc2sc(C(C)(C)C)nc2c1. The Morgan fingerprint density at radius 1 is 1.39 bits per heavy atom. The molecule has 0 aliphatic heterocycles. The van der Waals surface area contributed by atoms with Crippen molar-refractivity contribution in [3.05, 3.63) is 28.8 Å². The van der Waals surface area contributed by atoms with E-state index >= 15 is 0 Å². The summed E-state index contributed by atoms with van der Waals surface area (Å²) in [5.74, 6) is -0.222. The topological polar surface area (TPSA) is 39.2 Å². The highest BCUT2D eigenvalue weighted by Gasteiger charge is 2.18. The van der Waals surface area contributed by atoms with Crippen molar-refractivity contribution in [1.82, 2.24) is 4.98 Å². The van der Waals surface area contributed by atoms with Crippen molar-refractivity contribution in [2.24, 2.45) is 0 Å². The van der Waals surface area contributed by atoms with Crippen molar-refractivity contribution in [3.8, 4) is 0 Å². The van der Waals surface area contributed by atoms with Crippen LogP contribution >= 0.6 is 11.3 Å². The largest absolute Gasteiger partial charge is 0.469 e. The van der Waals surface area contributed by atoms with E-state index in [0.29, 0.717) is 6.42 Å². The number of methoxy groups -OCH3 is 1. The molecular weight excluding hydrogens is 246 g/mol. The van der Waals surface area contributed by atoms with Crippen LogP contribution in [0.5, 0.6) is 0 Å². The molecule has 0 amide bonds. The van der Waals surface area contributed by atoms with E-state index in [2.05, 4.69) is 30.5 Å². The number of carbonyl (C=O) groups is 1. The van der Waals surface area contributed by atoms with Crippen molar-refractivity contribution >= 4 is 27.5 Å². The Kier molecular flexibility index (Phi) is 3.39. The van der Waals surface area contributed by atoms with E-state index in [1.165, 1.54) is 7.11 Å². The number of fused-ring (bicyclic) bond motifs is 1. The lowest BCUT2D eigenvalue weighted by atomic mass is 9.98. The van der Waals surface area contributed by atoms with Gasteiger partial charge in [-0.15, -0.1) is 11.3 Å². The van der Waals surface area contributed by atoms with Crippen molar-refractivity contribution in [2.75, 3.05) is 7.11 Å². The van der Waals surface area contributed by atoms with Gasteiger partial charge in [-0.3, -0.25) is 4.79 Å². The molecule has 0 unspecified atom stereocenters. The van der Waals surface area contributed by atoms with Gasteiger partial charge in [-0.05, 0) is 17.7 Å². The lowest BCUT2D eigenvalue weighted by Gasteiger charge is -2.13. The fourth-order valence-electron chi connectivity index (χ4n) is 1.64. The summed E-state index contributed by atoms with van der Waals surface area (Å²) < 4.78 is 5.83. The number of ether oxygens (including phenoxy) is 1. The first-order chi connectivity index (χ1) is 8.40. The van der Waals surface area contributed by atoms with Crippen LogP contribution in [0.2, 0.25) is 0 Å². The molecule has 1 heterocycles. The van der Waals surface area contributed by atoms with Gasteiger partial charge in [0.25, 0.3) is 0 Å². The van der Waals surface area contributed by atoms with Gasteiger partial charge in [-0.1, -0.05) is 26.8 Å². The van der Waals surface area contributed by atoms with E-state index in [1.807, 2.05) is 18.2 Å². The maximum absolute atomic E-state index is 11.2. The molecule has 0 radical (unpaired) electrons. The number of esters is 1. The Balaban J connectivity index is 2.37. The molecule has 2 aromatic rings. The zero-order chi connectivity index (χ0) is 13.3. The highest BCUT2D eigenvalue weighted by Crippen LogP contribution is 2.31. The van der Waals surface area contributed by atoms with Gasteiger partial charge in [0.1, 0.15) is 0 Å². The van der Waals surface area contributed by atoms with Gasteiger partial charge in [0.05, 0.1) is 28.8 Å². The number of aromatic nitrogens is 1. The third-order valence-electron chi connectivity index (χ3n) is 2.67. The van der Waals surface area contributed by atoms with Crippen LogP contribution in [0.25, 0.3) is 10.2 Å². The third kappa shape index (κ3) is 2.70. The van der Waals surface area contributed by atoms with E-state index in [-0.39, 0.29) is 11.4 Å². The van der Waals surface area contributed by atoms with Crippen LogP contribution in [-0.4, -0.2) is 18.1 Å². The normalized spacial score (nSPS) is 11.8. The standard InChI is InChI=1S/C14H17NO2S/c1-14(2,3)13-15-10-7-9(8-12(16)17-4)5-6-11(10)18-13/h5-7H,8H2,1-4H3. The van der Waals surface area contributed by atoms with Crippen LogP contribution in [0.15, 0.2) is 18.2 Å². The second-order valence-corrected chi connectivity index (χ2v) is 6.35. The van der Waals surface area contributed by atoms with E-state index in [4.69, 9.17) is 0 Å². The molecule has 18 heavy (non-hydrogen) atoms. The Bertz CT molecular complexity index is 581. The van der Waals surface area contributed by atoms with Gasteiger partial charge in [0.15, 0.2) is 0 Å². The summed E-state index contributed by atoms with van der Waals surface area (Å²) in [5, 5.41) is 1.12. The first kappa shape index (κ1) is 13.0. The van der Waals surface area contributed by atoms with Gasteiger partial charge in [0, 0.05) is 5.41 Å². The van der Waals surface area contributed by atoms with Crippen LogP contribution in [0.4, 0.5) is 0 Å². The molecule has 96 valence electrons. The van der Waals surface area contributed by atoms with Gasteiger partial charge in [-0.2, -0.15) is 0 Å². The first-order valence-electron chi connectivity index (χ1n) is 5.87. The number of nitrogens with zero attached hydrogens (tertiary/aromatic N) is 1. The average Bonchev–Trinajstić information content (AvgIpc) is 2.71. The molecule has 0 fully saturated rings. The molecule has 0 aliphatic rings. The number of thiazole rings is 1. The molecule has 1 aromatic carbocycles. The predicted octanol–water partition coefficient (Wildman–Crippen LogP) is 3.31. The number of benzene rings is 1. The van der Waals surface area contributed by atoms with Crippen LogP contribution in [-0.2, 0) is 21.4 Å². The van der Waals surface area contributed by atoms with Crippen molar-refractivity contribution in [1.29, 1.82) is 0 Å². The maximum atomic E-state index is 11.2. The maximum Gasteiger partial charge on any atom is 0.309 e. The third-order valence-corrected chi connectivity index (χ3v) is 4.13. The first-order valence-corrected chi connectivity index (χ1v) is 6.68. The molecule has 0 bridgehead atoms. The summed E-state index contributed by atoms with van der Waals surface area (Å²) >= 11 is 1.71. The summed E-state index contributed by atoms with van der Waals surface area (Å²) in [6, 6.07) is 5.96. The monoisotopic (exact) mass is 263 g/mol. The van der Waals surface area contributed by atoms with Crippen molar-refractivity contribution < 1.29 is 9.53 Å². The molecule has 0 atom stereocenters. The zero-order valence-electron chi connectivity index (χ0n) is 11.1. The molecule has 1 aromatic heterocycles. The summed E-state index contributed by atoms with van der Waals surface area (Å²) in [6.45, 7) is 6.46. The van der Waals surface area contributed by atoms with Gasteiger partial charge in [-0.25, -0.2) is 4.98 Å². The van der Waals surface area contributed by atoms with Gasteiger partial charge >= 0.3 is 5.97 Å². The average molecular weight is 263 g/mol. The smallest absolute Gasteiger partial charge is 0.309 e. The molecule has 0 saturated carbocycles. The molecule has 0 saturated heterocycles. The van der Waals surface area contributed by atoms with E-state index in [9.17, 15) is 4.79 Å². The highest BCUT2D eigenvalue weighted by atomic mass is 32.1. The summed E-state index contributed by atoms with van der Waals surface area (Å²) in [6.07, 6.45) is 0.300. The molecule has 0 aliphatic carbocycles. The Morgan fingerprint density at radius 2 is 2.11 bits per heavy atom. The van der Waals surface area contributed by atoms with Crippen LogP contribution < -0.4 is 0 Å². The minimum atomic E-state index is -0.222. The number of hydrogen-bond acceptors (Lipinski definition) is 4. The van der Waals surface area contributed by atoms with E-state index in [0.717, 1.165) is 20.8 Å². The van der Waals surface area contributed by atoms with Crippen molar-refractivity contribution in [2.45, 2.75) is 32.6 Å². The quantitative estimate of drug-likeness (QED) is 0.780. The minimum absolute atomic E-state index is 0.0617. The number of hydrogen-bond donors (Lipinski definition) is 0. The molecule has 2 rings (SSSR count). The fourth-order valence-corrected chi connectivity index (χ4v) is 2.65. The lowest BCUT2D eigenvalue weighted by molar-refractivity contribution is -0.139. The van der Waals surface area contributed by atoms with Crippen LogP contribution in [0, 0.1) is 0 Å². The van der Waals surface area contributed by atoms with Crippen LogP contribution in [0.1, 0.15) is 31.3 Å². The second kappa shape index (κ2) is 4.69. The molecule has 3 nitrogen and oxygen atoms in total. The Hall–Kier alpha value is -1.42. The van der Waals surface area contributed by atoms with E-state index in [1.54, 1.807) is 11.3 Å². The van der Waals surface area contributed by atoms with E-state index < -0.39 is 0 Å². The predicted molar refractivity (Wildman–Crippen MR) is 74.0 cm³/mol. The second-order valence-electron chi connectivity index (χ2n) is 5.32. The minimum Gasteiger partial charge on any atom is -0.469 e. The molecule has 0 N–H and O–H groups in total. The van der Waals surface area contributed by atoms with Gasteiger partial charge < -0.3 is 4.74 Å². The van der Waals surface area contributed by atoms with Crippen molar-refractivity contribution in [3.63, 3.8) is 0 Å². The number of carbonyl (C=O) groups excluding carboxylic acids is 1. The lowest BCUT2D eigenvalue weighted by Crippen LogP contribution is -2.09. The zero-order valence-corrected chi connectivity index (χ0v) is 11.9. The van der Waals surface area contributed by atoms with Gasteiger partial charge in [0.2, 0.25) is 0 Å². The molecule has 4 heteroatoms. The van der Waals surface area contributed by atoms with Crippen LogP contribution in [0.3, 0.4) is 0 Å². The Morgan fingerprint density at radius 3 is 2.72 bits per heavy atom. The summed E-state index contributed by atoms with van der Waals surface area (Å²) in [4.78, 5) is 15.9. The Labute approximate surface area is 111 Å². The summed E-state index contributed by atoms with van der Waals surface area (Å²) in [7, 11) is 1.40. The highest BCUT2D eigenvalue weighted by molar-refractivity contribution is 7.18. The molecule has 0 spiro atoms. The molecular formula is C14H17NO2S. The number of rotatable bonds is 2.